The summed E-state index contributed by atoms with van der Waals surface area (Å²) in [5.74, 6) is 2.06. The number of rotatable bonds is 4. The van der Waals surface area contributed by atoms with Gasteiger partial charge in [-0.15, -0.1) is 24.0 Å². The lowest BCUT2D eigenvalue weighted by Crippen LogP contribution is -2.42. The Hall–Kier alpha value is -0.0400. The van der Waals surface area contributed by atoms with Crippen molar-refractivity contribution in [3.63, 3.8) is 0 Å². The standard InChI is InChI=1S/C20H38N4.HI/c1-3-23-14-8-18(9-15-23)7-13-22-19(21-2)24-16-12-20(17-24)10-5-4-6-11-20;/h18H,3-17H2,1-2H3,(H,21,22);1H. The summed E-state index contributed by atoms with van der Waals surface area (Å²) < 4.78 is 0. The number of likely N-dealkylation sites (tertiary alicyclic amines) is 2. The van der Waals surface area contributed by atoms with Crippen molar-refractivity contribution in [1.82, 2.24) is 15.1 Å². The SMILES string of the molecule is CCN1CCC(CCNC(=NC)N2CCC3(CCCCC3)C2)CC1.I. The average Bonchev–Trinajstić information content (AvgIpc) is 3.03. The molecule has 0 unspecified atom stereocenters. The Balaban J connectivity index is 0.00000225. The van der Waals surface area contributed by atoms with Gasteiger partial charge in [0.25, 0.3) is 0 Å². The predicted molar refractivity (Wildman–Crippen MR) is 118 cm³/mol. The number of piperidine rings is 1. The minimum atomic E-state index is 0. The van der Waals surface area contributed by atoms with Crippen LogP contribution in [0.3, 0.4) is 0 Å². The van der Waals surface area contributed by atoms with Crippen LogP contribution >= 0.6 is 24.0 Å². The Morgan fingerprint density at radius 2 is 1.80 bits per heavy atom. The molecule has 0 bridgehead atoms. The number of nitrogens with one attached hydrogen (secondary N) is 1. The van der Waals surface area contributed by atoms with Gasteiger partial charge in [0.2, 0.25) is 0 Å². The summed E-state index contributed by atoms with van der Waals surface area (Å²) in [5, 5.41) is 3.67. The van der Waals surface area contributed by atoms with Gasteiger partial charge in [0, 0.05) is 26.7 Å². The second kappa shape index (κ2) is 10.3. The molecule has 2 saturated heterocycles. The molecule has 146 valence electrons. The van der Waals surface area contributed by atoms with E-state index in [0.29, 0.717) is 5.41 Å². The lowest BCUT2D eigenvalue weighted by Gasteiger charge is -2.34. The van der Waals surface area contributed by atoms with Gasteiger partial charge in [0.1, 0.15) is 0 Å². The maximum Gasteiger partial charge on any atom is 0.193 e. The zero-order valence-corrected chi connectivity index (χ0v) is 18.8. The van der Waals surface area contributed by atoms with Gasteiger partial charge in [-0.1, -0.05) is 26.2 Å². The van der Waals surface area contributed by atoms with Gasteiger partial charge in [-0.2, -0.15) is 0 Å². The third-order valence-electron chi connectivity index (χ3n) is 6.85. The quantitative estimate of drug-likeness (QED) is 0.390. The molecular formula is C20H39IN4. The molecule has 1 aliphatic carbocycles. The molecule has 3 rings (SSSR count). The highest BCUT2D eigenvalue weighted by Gasteiger charge is 2.39. The number of hydrogen-bond acceptors (Lipinski definition) is 2. The summed E-state index contributed by atoms with van der Waals surface area (Å²) in [7, 11) is 1.95. The molecule has 1 N–H and O–H groups in total. The fourth-order valence-electron chi connectivity index (χ4n) is 5.14. The Morgan fingerprint density at radius 1 is 1.08 bits per heavy atom. The van der Waals surface area contributed by atoms with Crippen molar-refractivity contribution in [1.29, 1.82) is 0 Å². The Labute approximate surface area is 172 Å². The fraction of sp³-hybridized carbons (Fsp3) is 0.950. The minimum Gasteiger partial charge on any atom is -0.356 e. The molecule has 5 heteroatoms. The van der Waals surface area contributed by atoms with Crippen molar-refractivity contribution in [2.24, 2.45) is 16.3 Å². The normalized spacial score (nSPS) is 25.2. The summed E-state index contributed by atoms with van der Waals surface area (Å²) in [5.41, 5.74) is 0.614. The van der Waals surface area contributed by atoms with Crippen LogP contribution in [0.25, 0.3) is 0 Å². The number of halogens is 1. The van der Waals surface area contributed by atoms with Crippen molar-refractivity contribution in [2.75, 3.05) is 46.3 Å². The highest BCUT2D eigenvalue weighted by molar-refractivity contribution is 14.0. The second-order valence-electron chi connectivity index (χ2n) is 8.37. The first-order valence-electron chi connectivity index (χ1n) is 10.4. The molecule has 0 amide bonds. The van der Waals surface area contributed by atoms with Crippen LogP contribution in [0, 0.1) is 11.3 Å². The zero-order valence-electron chi connectivity index (χ0n) is 16.4. The molecule has 0 atom stereocenters. The molecular weight excluding hydrogens is 423 g/mol. The molecule has 3 aliphatic rings. The Kier molecular flexibility index (Phi) is 8.79. The van der Waals surface area contributed by atoms with E-state index in [-0.39, 0.29) is 24.0 Å². The lowest BCUT2D eigenvalue weighted by atomic mass is 9.73. The van der Waals surface area contributed by atoms with Crippen molar-refractivity contribution >= 4 is 29.9 Å². The summed E-state index contributed by atoms with van der Waals surface area (Å²) in [4.78, 5) is 9.69. The Bertz CT molecular complexity index is 412. The van der Waals surface area contributed by atoms with Crippen molar-refractivity contribution in [2.45, 2.75) is 64.7 Å². The van der Waals surface area contributed by atoms with E-state index in [9.17, 15) is 0 Å². The smallest absolute Gasteiger partial charge is 0.193 e. The van der Waals surface area contributed by atoms with Crippen LogP contribution in [0.2, 0.25) is 0 Å². The largest absolute Gasteiger partial charge is 0.356 e. The topological polar surface area (TPSA) is 30.9 Å². The second-order valence-corrected chi connectivity index (χ2v) is 8.37. The van der Waals surface area contributed by atoms with Crippen LogP contribution < -0.4 is 5.32 Å². The van der Waals surface area contributed by atoms with Crippen molar-refractivity contribution in [3.05, 3.63) is 0 Å². The van der Waals surface area contributed by atoms with Gasteiger partial charge in [-0.05, 0) is 69.5 Å². The first-order chi connectivity index (χ1) is 11.7. The van der Waals surface area contributed by atoms with Gasteiger partial charge in [-0.25, -0.2) is 0 Å². The summed E-state index contributed by atoms with van der Waals surface area (Å²) >= 11 is 0. The van der Waals surface area contributed by atoms with E-state index >= 15 is 0 Å². The molecule has 2 aliphatic heterocycles. The third-order valence-corrected chi connectivity index (χ3v) is 6.85. The summed E-state index contributed by atoms with van der Waals surface area (Å²) in [6.45, 7) is 9.62. The molecule has 0 aromatic carbocycles. The van der Waals surface area contributed by atoms with Crippen LogP contribution in [0.15, 0.2) is 4.99 Å². The number of guanidine groups is 1. The molecule has 1 spiro atoms. The maximum absolute atomic E-state index is 4.58. The lowest BCUT2D eigenvalue weighted by molar-refractivity contribution is 0.187. The van der Waals surface area contributed by atoms with E-state index in [4.69, 9.17) is 0 Å². The van der Waals surface area contributed by atoms with Crippen molar-refractivity contribution < 1.29 is 0 Å². The zero-order chi connectivity index (χ0) is 16.8. The molecule has 4 nitrogen and oxygen atoms in total. The van der Waals surface area contributed by atoms with E-state index in [1.807, 2.05) is 7.05 Å². The number of hydrogen-bond donors (Lipinski definition) is 1. The minimum absolute atomic E-state index is 0. The van der Waals surface area contributed by atoms with E-state index in [1.54, 1.807) is 0 Å². The highest BCUT2D eigenvalue weighted by Crippen LogP contribution is 2.43. The number of aliphatic imine (C=N–C) groups is 1. The molecule has 2 heterocycles. The molecule has 0 radical (unpaired) electrons. The van der Waals surface area contributed by atoms with Crippen LogP contribution in [-0.2, 0) is 0 Å². The van der Waals surface area contributed by atoms with Gasteiger partial charge in [0.05, 0.1) is 0 Å². The highest BCUT2D eigenvalue weighted by atomic mass is 127. The average molecular weight is 462 g/mol. The fourth-order valence-corrected chi connectivity index (χ4v) is 5.14. The summed E-state index contributed by atoms with van der Waals surface area (Å²) in [6, 6.07) is 0. The van der Waals surface area contributed by atoms with Crippen LogP contribution in [0.1, 0.15) is 64.7 Å². The number of nitrogens with zero attached hydrogens (tertiary/aromatic N) is 3. The molecule has 0 aromatic rings. The monoisotopic (exact) mass is 462 g/mol. The van der Waals surface area contributed by atoms with Crippen molar-refractivity contribution in [3.8, 4) is 0 Å². The van der Waals surface area contributed by atoms with E-state index < -0.39 is 0 Å². The molecule has 25 heavy (non-hydrogen) atoms. The molecule has 3 fully saturated rings. The van der Waals surface area contributed by atoms with Crippen LogP contribution in [-0.4, -0.2) is 62.1 Å². The van der Waals surface area contributed by atoms with Gasteiger partial charge >= 0.3 is 0 Å². The predicted octanol–water partition coefficient (Wildman–Crippen LogP) is 3.96. The van der Waals surface area contributed by atoms with Crippen LogP contribution in [0.5, 0.6) is 0 Å². The van der Waals surface area contributed by atoms with E-state index in [0.717, 1.165) is 18.4 Å². The van der Waals surface area contributed by atoms with E-state index in [1.165, 1.54) is 90.5 Å². The van der Waals surface area contributed by atoms with Gasteiger partial charge < -0.3 is 15.1 Å². The maximum atomic E-state index is 4.58. The Morgan fingerprint density at radius 3 is 2.44 bits per heavy atom. The first-order valence-corrected chi connectivity index (χ1v) is 10.4. The molecule has 0 aromatic heterocycles. The summed E-state index contributed by atoms with van der Waals surface area (Å²) in [6.07, 6.45) is 12.6. The van der Waals surface area contributed by atoms with Crippen LogP contribution in [0.4, 0.5) is 0 Å². The van der Waals surface area contributed by atoms with Gasteiger partial charge in [0.15, 0.2) is 5.96 Å². The van der Waals surface area contributed by atoms with E-state index in [2.05, 4.69) is 27.0 Å². The third kappa shape index (κ3) is 5.72. The first kappa shape index (κ1) is 21.3. The molecule has 1 saturated carbocycles. The van der Waals surface area contributed by atoms with Gasteiger partial charge in [-0.3, -0.25) is 4.99 Å².